The summed E-state index contributed by atoms with van der Waals surface area (Å²) < 4.78 is 0. The van der Waals surface area contributed by atoms with E-state index in [4.69, 9.17) is 0 Å². The molecule has 0 heterocycles. The Hall–Kier alpha value is -0.860. The Labute approximate surface area is 123 Å². The molecule has 20 heavy (non-hydrogen) atoms. The summed E-state index contributed by atoms with van der Waals surface area (Å²) in [5.74, 6) is 0.718. The van der Waals surface area contributed by atoms with Crippen molar-refractivity contribution in [3.05, 3.63) is 35.4 Å². The van der Waals surface area contributed by atoms with Crippen LogP contribution in [0.4, 0.5) is 0 Å². The molecule has 1 saturated carbocycles. The Morgan fingerprint density at radius 2 is 1.85 bits per heavy atom. The van der Waals surface area contributed by atoms with E-state index in [9.17, 15) is 0 Å². The summed E-state index contributed by atoms with van der Waals surface area (Å²) in [7, 11) is 4.47. The molecule has 0 spiro atoms. The number of benzene rings is 1. The van der Waals surface area contributed by atoms with Crippen LogP contribution in [0.5, 0.6) is 0 Å². The second-order valence-corrected chi connectivity index (χ2v) is 7.01. The Bertz CT molecular complexity index is 462. The molecule has 110 valence electrons. The van der Waals surface area contributed by atoms with Gasteiger partial charge in [-0.3, -0.25) is 0 Å². The van der Waals surface area contributed by atoms with E-state index >= 15 is 0 Å². The van der Waals surface area contributed by atoms with E-state index in [1.54, 1.807) is 11.1 Å². The van der Waals surface area contributed by atoms with Crippen molar-refractivity contribution < 1.29 is 0 Å². The van der Waals surface area contributed by atoms with E-state index in [1.165, 1.54) is 32.1 Å². The summed E-state index contributed by atoms with van der Waals surface area (Å²) >= 11 is 0. The number of likely N-dealkylation sites (N-methyl/N-ethyl adjacent to an activating group) is 1. The zero-order chi connectivity index (χ0) is 14.2. The number of hydrogen-bond donors (Lipinski definition) is 1. The van der Waals surface area contributed by atoms with Crippen molar-refractivity contribution in [2.45, 2.75) is 56.5 Å². The largest absolute Gasteiger partial charge is 0.308 e. The molecule has 0 aliphatic heterocycles. The third-order valence-electron chi connectivity index (χ3n) is 5.70. The van der Waals surface area contributed by atoms with Crippen molar-refractivity contribution >= 4 is 0 Å². The monoisotopic (exact) mass is 272 g/mol. The van der Waals surface area contributed by atoms with Gasteiger partial charge in [0.25, 0.3) is 0 Å². The van der Waals surface area contributed by atoms with Crippen LogP contribution in [-0.4, -0.2) is 31.1 Å². The van der Waals surface area contributed by atoms with E-state index in [1.807, 2.05) is 0 Å². The number of nitrogens with zero attached hydrogens (tertiary/aromatic N) is 1. The molecule has 2 aliphatic rings. The predicted octanol–water partition coefficient (Wildman–Crippen LogP) is 3.70. The van der Waals surface area contributed by atoms with Gasteiger partial charge in [0, 0.05) is 18.1 Å². The van der Waals surface area contributed by atoms with Crippen LogP contribution in [0, 0.1) is 0 Å². The molecule has 0 amide bonds. The number of hydrogen-bond acceptors (Lipinski definition) is 2. The second-order valence-electron chi connectivity index (χ2n) is 7.01. The highest BCUT2D eigenvalue weighted by molar-refractivity contribution is 5.35. The van der Waals surface area contributed by atoms with Gasteiger partial charge in [0.1, 0.15) is 0 Å². The number of fused-ring (bicyclic) bond motifs is 1. The molecular weight excluding hydrogens is 244 g/mol. The average Bonchev–Trinajstić information content (AvgIpc) is 2.40. The topological polar surface area (TPSA) is 15.3 Å². The minimum atomic E-state index is 0.415. The Morgan fingerprint density at radius 3 is 2.45 bits per heavy atom. The van der Waals surface area contributed by atoms with E-state index in [2.05, 4.69) is 55.5 Å². The van der Waals surface area contributed by atoms with Crippen LogP contribution in [-0.2, 0) is 0 Å². The smallest absolute Gasteiger partial charge is 0.0328 e. The quantitative estimate of drug-likeness (QED) is 0.899. The van der Waals surface area contributed by atoms with Crippen LogP contribution in [0.1, 0.15) is 62.1 Å². The maximum absolute atomic E-state index is 3.88. The van der Waals surface area contributed by atoms with Crippen molar-refractivity contribution in [2.24, 2.45) is 0 Å². The second kappa shape index (κ2) is 5.50. The minimum absolute atomic E-state index is 0.415. The lowest BCUT2D eigenvalue weighted by atomic mass is 9.75. The van der Waals surface area contributed by atoms with Crippen LogP contribution in [0.25, 0.3) is 0 Å². The molecule has 0 aromatic heterocycles. The van der Waals surface area contributed by atoms with Gasteiger partial charge in [-0.05, 0) is 63.2 Å². The Kier molecular flexibility index (Phi) is 3.87. The fourth-order valence-electron chi connectivity index (χ4n) is 3.90. The third-order valence-corrected chi connectivity index (χ3v) is 5.70. The fraction of sp³-hybridized carbons (Fsp3) is 0.667. The summed E-state index contributed by atoms with van der Waals surface area (Å²) in [5.41, 5.74) is 3.51. The van der Waals surface area contributed by atoms with E-state index in [0.29, 0.717) is 11.6 Å². The van der Waals surface area contributed by atoms with Crippen LogP contribution in [0.2, 0.25) is 0 Å². The highest BCUT2D eigenvalue weighted by atomic mass is 15.2. The summed E-state index contributed by atoms with van der Waals surface area (Å²) in [4.78, 5) is 2.43. The van der Waals surface area contributed by atoms with Gasteiger partial charge in [-0.25, -0.2) is 0 Å². The summed E-state index contributed by atoms with van der Waals surface area (Å²) in [6.07, 6.45) is 6.67. The molecule has 0 radical (unpaired) electrons. The molecule has 3 rings (SSSR count). The van der Waals surface area contributed by atoms with Crippen LogP contribution < -0.4 is 5.32 Å². The van der Waals surface area contributed by atoms with E-state index in [-0.39, 0.29) is 0 Å². The Balaban J connectivity index is 1.71. The van der Waals surface area contributed by atoms with Gasteiger partial charge < -0.3 is 10.2 Å². The van der Waals surface area contributed by atoms with Crippen molar-refractivity contribution in [1.29, 1.82) is 0 Å². The minimum Gasteiger partial charge on any atom is -0.308 e. The van der Waals surface area contributed by atoms with E-state index < -0.39 is 0 Å². The van der Waals surface area contributed by atoms with Gasteiger partial charge >= 0.3 is 0 Å². The predicted molar refractivity (Wildman–Crippen MR) is 85.1 cm³/mol. The third kappa shape index (κ3) is 2.40. The Morgan fingerprint density at radius 1 is 1.15 bits per heavy atom. The zero-order valence-corrected chi connectivity index (χ0v) is 13.2. The first-order valence-corrected chi connectivity index (χ1v) is 8.12. The first-order valence-electron chi connectivity index (χ1n) is 8.12. The van der Waals surface area contributed by atoms with Gasteiger partial charge in [-0.2, -0.15) is 0 Å². The number of nitrogens with one attached hydrogen (secondary N) is 1. The molecule has 2 unspecified atom stereocenters. The molecular formula is C18H28N2. The average molecular weight is 272 g/mol. The highest BCUT2D eigenvalue weighted by Gasteiger charge is 2.39. The maximum atomic E-state index is 3.88. The lowest BCUT2D eigenvalue weighted by Crippen LogP contribution is -2.56. The van der Waals surface area contributed by atoms with Gasteiger partial charge in [-0.1, -0.05) is 31.2 Å². The van der Waals surface area contributed by atoms with Crippen LogP contribution in [0.15, 0.2) is 24.3 Å². The van der Waals surface area contributed by atoms with Gasteiger partial charge in [0.05, 0.1) is 0 Å². The SMILES string of the molecule is CC1CCC(NCC2(N(C)C)CCC2)c2ccccc21. The molecule has 2 nitrogen and oxygen atoms in total. The molecule has 1 N–H and O–H groups in total. The molecule has 1 aromatic carbocycles. The maximum Gasteiger partial charge on any atom is 0.0328 e. The van der Waals surface area contributed by atoms with Crippen molar-refractivity contribution in [1.82, 2.24) is 10.2 Å². The molecule has 0 saturated heterocycles. The summed E-state index contributed by atoms with van der Waals surface area (Å²) in [5, 5.41) is 3.88. The molecule has 1 aromatic rings. The van der Waals surface area contributed by atoms with Crippen molar-refractivity contribution in [3.63, 3.8) is 0 Å². The first-order chi connectivity index (χ1) is 9.62. The molecule has 2 aliphatic carbocycles. The lowest BCUT2D eigenvalue weighted by Gasteiger charge is -2.48. The molecule has 1 fully saturated rings. The summed E-state index contributed by atoms with van der Waals surface area (Å²) in [6, 6.07) is 9.58. The number of rotatable bonds is 4. The van der Waals surface area contributed by atoms with E-state index in [0.717, 1.165) is 12.5 Å². The van der Waals surface area contributed by atoms with Gasteiger partial charge in [0.2, 0.25) is 0 Å². The molecule has 2 heteroatoms. The first kappa shape index (κ1) is 14.1. The lowest BCUT2D eigenvalue weighted by molar-refractivity contribution is 0.0562. The van der Waals surface area contributed by atoms with Gasteiger partial charge in [0.15, 0.2) is 0 Å². The van der Waals surface area contributed by atoms with Crippen molar-refractivity contribution in [2.75, 3.05) is 20.6 Å². The van der Waals surface area contributed by atoms with Crippen LogP contribution >= 0.6 is 0 Å². The normalized spacial score (nSPS) is 28.0. The standard InChI is InChI=1S/C18H28N2/c1-14-9-10-17(16-8-5-4-7-15(14)16)19-13-18(20(2)3)11-6-12-18/h4-5,7-8,14,17,19H,6,9-13H2,1-3H3. The van der Waals surface area contributed by atoms with Crippen LogP contribution in [0.3, 0.4) is 0 Å². The van der Waals surface area contributed by atoms with Crippen molar-refractivity contribution in [3.8, 4) is 0 Å². The van der Waals surface area contributed by atoms with Gasteiger partial charge in [-0.15, -0.1) is 0 Å². The molecule has 2 atom stereocenters. The zero-order valence-electron chi connectivity index (χ0n) is 13.2. The fourth-order valence-corrected chi connectivity index (χ4v) is 3.90. The summed E-state index contributed by atoms with van der Waals surface area (Å²) in [6.45, 7) is 3.50. The highest BCUT2D eigenvalue weighted by Crippen LogP contribution is 2.39. The molecule has 0 bridgehead atoms.